The lowest BCUT2D eigenvalue weighted by molar-refractivity contribution is -0.149. The number of amides is 1. The molecule has 0 aromatic rings. The molecule has 0 spiro atoms. The number of ketones is 2. The van der Waals surface area contributed by atoms with E-state index in [1.807, 2.05) is 0 Å². The zero-order valence-electron chi connectivity index (χ0n) is 4.64. The van der Waals surface area contributed by atoms with Crippen molar-refractivity contribution < 1.29 is 19.5 Å². The van der Waals surface area contributed by atoms with Gasteiger partial charge in [0, 0.05) is 0 Å². The Labute approximate surface area is 54.6 Å². The van der Waals surface area contributed by atoms with E-state index < -0.39 is 23.7 Å². The van der Waals surface area contributed by atoms with Crippen LogP contribution in [-0.2, 0) is 14.4 Å². The Hall–Kier alpha value is -1.43. The lowest BCUT2D eigenvalue weighted by Gasteiger charge is -2.02. The minimum absolute atomic E-state index is 1.22. The molecule has 1 unspecified atom stereocenters. The minimum Gasteiger partial charge on any atom is -0.364 e. The molecule has 52 valence electrons. The average molecular weight is 142 g/mol. The van der Waals surface area contributed by atoms with E-state index in [1.165, 1.54) is 0 Å². The maximum Gasteiger partial charge on any atom is 0.339 e. The van der Waals surface area contributed by atoms with Crippen LogP contribution in [0.1, 0.15) is 0 Å². The van der Waals surface area contributed by atoms with Gasteiger partial charge in [0.2, 0.25) is 6.23 Å². The predicted molar refractivity (Wildman–Crippen MR) is 25.9 cm³/mol. The number of aliphatic hydroxyl groups excluding tert-OH is 1. The molecule has 6 heteroatoms. The number of aliphatic hydroxyl groups is 1. The molecule has 1 atom stereocenters. The number of nitrogens with zero attached hydrogens (tertiary/aromatic N) is 2. The Balaban J connectivity index is 3.01. The molecule has 1 heterocycles. The fraction of sp³-hybridized carbons (Fsp3) is 0.250. The summed E-state index contributed by atoms with van der Waals surface area (Å²) < 4.78 is 0. The number of azo groups is 1. The SMILES string of the molecule is O=C1N=NC(O)C(=O)C1=O. The summed E-state index contributed by atoms with van der Waals surface area (Å²) >= 11 is 0. The van der Waals surface area contributed by atoms with Gasteiger partial charge in [0.1, 0.15) is 0 Å². The van der Waals surface area contributed by atoms with Crippen molar-refractivity contribution in [3.63, 3.8) is 0 Å². The van der Waals surface area contributed by atoms with Gasteiger partial charge in [-0.25, -0.2) is 0 Å². The first-order valence-corrected chi connectivity index (χ1v) is 2.34. The fourth-order valence-corrected chi connectivity index (χ4v) is 0.428. The molecule has 1 rings (SSSR count). The molecule has 0 saturated heterocycles. The second kappa shape index (κ2) is 2.07. The van der Waals surface area contributed by atoms with Gasteiger partial charge in [-0.15, -0.1) is 10.2 Å². The molecule has 1 aliphatic heterocycles. The van der Waals surface area contributed by atoms with Crippen LogP contribution in [0.4, 0.5) is 0 Å². The molecular formula is C4H2N2O4. The summed E-state index contributed by atoms with van der Waals surface area (Å²) in [5.41, 5.74) is 0. The number of Topliss-reactive ketones (excluding diaryl/α,β-unsaturated/α-hetero) is 2. The van der Waals surface area contributed by atoms with Gasteiger partial charge in [0.25, 0.3) is 11.6 Å². The molecule has 10 heavy (non-hydrogen) atoms. The second-order valence-corrected chi connectivity index (χ2v) is 1.59. The first-order chi connectivity index (χ1) is 4.63. The standard InChI is InChI=1S/C4H2N2O4/c7-1-2(8)4(10)6-5-3(1)9/h3,9H. The third-order valence-electron chi connectivity index (χ3n) is 0.910. The number of rotatable bonds is 0. The van der Waals surface area contributed by atoms with Crippen molar-refractivity contribution >= 4 is 17.5 Å². The molecule has 0 aromatic heterocycles. The van der Waals surface area contributed by atoms with Crippen molar-refractivity contribution in [3.05, 3.63) is 0 Å². The van der Waals surface area contributed by atoms with E-state index in [2.05, 4.69) is 10.2 Å². The van der Waals surface area contributed by atoms with Crippen LogP contribution < -0.4 is 0 Å². The molecule has 0 bridgehead atoms. The zero-order valence-corrected chi connectivity index (χ0v) is 4.64. The van der Waals surface area contributed by atoms with E-state index in [1.54, 1.807) is 0 Å². The molecule has 0 saturated carbocycles. The number of carbonyl (C=O) groups is 3. The molecule has 6 nitrogen and oxygen atoms in total. The Kier molecular flexibility index (Phi) is 1.38. The smallest absolute Gasteiger partial charge is 0.339 e. The van der Waals surface area contributed by atoms with E-state index in [4.69, 9.17) is 5.11 Å². The van der Waals surface area contributed by atoms with Gasteiger partial charge in [0.15, 0.2) is 0 Å². The number of hydrogen-bond acceptors (Lipinski definition) is 5. The Morgan fingerprint density at radius 3 is 2.40 bits per heavy atom. The monoisotopic (exact) mass is 142 g/mol. The van der Waals surface area contributed by atoms with Gasteiger partial charge in [-0.3, -0.25) is 14.4 Å². The quantitative estimate of drug-likeness (QED) is 0.413. The number of hydrogen-bond donors (Lipinski definition) is 1. The van der Waals surface area contributed by atoms with Crippen LogP contribution in [0.5, 0.6) is 0 Å². The molecule has 0 aliphatic carbocycles. The Morgan fingerprint density at radius 2 is 1.90 bits per heavy atom. The molecule has 0 radical (unpaired) electrons. The highest BCUT2D eigenvalue weighted by atomic mass is 16.3. The predicted octanol–water partition coefficient (Wildman–Crippen LogP) is -1.56. The maximum absolute atomic E-state index is 10.4. The van der Waals surface area contributed by atoms with Crippen molar-refractivity contribution in [1.82, 2.24) is 0 Å². The van der Waals surface area contributed by atoms with Crippen molar-refractivity contribution in [2.75, 3.05) is 0 Å². The lowest BCUT2D eigenvalue weighted by Crippen LogP contribution is -2.34. The largest absolute Gasteiger partial charge is 0.364 e. The highest BCUT2D eigenvalue weighted by molar-refractivity contribution is 6.64. The summed E-state index contributed by atoms with van der Waals surface area (Å²) in [6.45, 7) is 0. The van der Waals surface area contributed by atoms with Crippen LogP contribution in [-0.4, -0.2) is 28.8 Å². The topological polar surface area (TPSA) is 96.2 Å². The average Bonchev–Trinajstić information content (AvgIpc) is 1.93. The molecule has 1 aliphatic rings. The van der Waals surface area contributed by atoms with E-state index in [-0.39, 0.29) is 0 Å². The zero-order chi connectivity index (χ0) is 7.72. The molecule has 0 fully saturated rings. The second-order valence-electron chi connectivity index (χ2n) is 1.59. The van der Waals surface area contributed by atoms with E-state index in [9.17, 15) is 14.4 Å². The van der Waals surface area contributed by atoms with Crippen LogP contribution in [0, 0.1) is 0 Å². The first kappa shape index (κ1) is 6.69. The maximum atomic E-state index is 10.4. The third kappa shape index (κ3) is 0.841. The fourth-order valence-electron chi connectivity index (χ4n) is 0.428. The summed E-state index contributed by atoms with van der Waals surface area (Å²) in [7, 11) is 0. The van der Waals surface area contributed by atoms with Crippen molar-refractivity contribution in [2.24, 2.45) is 10.2 Å². The highest BCUT2D eigenvalue weighted by Crippen LogP contribution is 1.99. The molecular weight excluding hydrogens is 140 g/mol. The van der Waals surface area contributed by atoms with E-state index in [0.29, 0.717) is 0 Å². The summed E-state index contributed by atoms with van der Waals surface area (Å²) in [6.07, 6.45) is -1.79. The number of carbonyl (C=O) groups excluding carboxylic acids is 3. The van der Waals surface area contributed by atoms with Crippen molar-refractivity contribution in [3.8, 4) is 0 Å². The van der Waals surface area contributed by atoms with Gasteiger partial charge in [-0.1, -0.05) is 0 Å². The van der Waals surface area contributed by atoms with E-state index in [0.717, 1.165) is 0 Å². The summed E-state index contributed by atoms with van der Waals surface area (Å²) in [4.78, 5) is 30.9. The highest BCUT2D eigenvalue weighted by Gasteiger charge is 2.33. The normalized spacial score (nSPS) is 25.7. The molecule has 1 N–H and O–H groups in total. The van der Waals surface area contributed by atoms with Crippen molar-refractivity contribution in [2.45, 2.75) is 6.23 Å². The summed E-state index contributed by atoms with van der Waals surface area (Å²) in [5, 5.41) is 14.0. The summed E-state index contributed by atoms with van der Waals surface area (Å²) in [6, 6.07) is 0. The van der Waals surface area contributed by atoms with Gasteiger partial charge < -0.3 is 5.11 Å². The van der Waals surface area contributed by atoms with Gasteiger partial charge in [-0.05, 0) is 0 Å². The van der Waals surface area contributed by atoms with Crippen LogP contribution >= 0.6 is 0 Å². The first-order valence-electron chi connectivity index (χ1n) is 2.34. The minimum atomic E-state index is -1.79. The van der Waals surface area contributed by atoms with Crippen LogP contribution in [0.15, 0.2) is 10.2 Å². The van der Waals surface area contributed by atoms with Crippen molar-refractivity contribution in [1.29, 1.82) is 0 Å². The Morgan fingerprint density at radius 1 is 1.30 bits per heavy atom. The molecule has 1 amide bonds. The molecule has 0 aromatic carbocycles. The lowest BCUT2D eigenvalue weighted by atomic mass is 10.2. The van der Waals surface area contributed by atoms with Gasteiger partial charge in [-0.2, -0.15) is 0 Å². The Bertz CT molecular complexity index is 244. The van der Waals surface area contributed by atoms with E-state index >= 15 is 0 Å². The van der Waals surface area contributed by atoms with Crippen LogP contribution in [0.25, 0.3) is 0 Å². The summed E-state index contributed by atoms with van der Waals surface area (Å²) in [5.74, 6) is -3.77. The third-order valence-corrected chi connectivity index (χ3v) is 0.910. The van der Waals surface area contributed by atoms with Crippen LogP contribution in [0.3, 0.4) is 0 Å². The van der Waals surface area contributed by atoms with Gasteiger partial charge in [0.05, 0.1) is 0 Å². The van der Waals surface area contributed by atoms with Crippen LogP contribution in [0.2, 0.25) is 0 Å². The van der Waals surface area contributed by atoms with Gasteiger partial charge >= 0.3 is 5.91 Å².